The number of benzene rings is 3. The molecule has 0 bridgehead atoms. The fourth-order valence-corrected chi connectivity index (χ4v) is 3.97. The maximum absolute atomic E-state index is 5.51. The van der Waals surface area contributed by atoms with Gasteiger partial charge in [0.05, 0.1) is 12.7 Å². The Morgan fingerprint density at radius 1 is 0.769 bits per heavy atom. The Morgan fingerprint density at radius 3 is 2.42 bits per heavy atom. The summed E-state index contributed by atoms with van der Waals surface area (Å²) in [4.78, 5) is 2.45. The van der Waals surface area contributed by atoms with Crippen molar-refractivity contribution in [2.75, 3.05) is 7.11 Å². The van der Waals surface area contributed by atoms with Crippen molar-refractivity contribution in [2.45, 2.75) is 0 Å². The summed E-state index contributed by atoms with van der Waals surface area (Å²) in [6.45, 7) is 0. The molecule has 1 nitrogen and oxygen atoms in total. The van der Waals surface area contributed by atoms with E-state index in [4.69, 9.17) is 4.74 Å². The van der Waals surface area contributed by atoms with Crippen molar-refractivity contribution in [2.24, 2.45) is 0 Å². The molecular formula is C24H19OS+. The second-order valence-corrected chi connectivity index (χ2v) is 7.15. The first-order valence-corrected chi connectivity index (χ1v) is 9.38. The second-order valence-electron chi connectivity index (χ2n) is 6.03. The molecule has 0 aliphatic heterocycles. The van der Waals surface area contributed by atoms with Crippen LogP contribution < -0.4 is 4.74 Å². The molecule has 126 valence electrons. The standard InChI is InChI=1S/C24H19OS/c1-25-20-16-19-10-5-6-12-22(19)23(17-20)24-13-7-11-21(26-24)15-14-18-8-3-2-4-9-18/h2-17H,1H3/q+1. The van der Waals surface area contributed by atoms with Crippen molar-refractivity contribution in [3.05, 3.63) is 95.4 Å². The zero-order chi connectivity index (χ0) is 17.8. The first-order valence-electron chi connectivity index (χ1n) is 8.57. The zero-order valence-electron chi connectivity index (χ0n) is 14.6. The number of fused-ring (bicyclic) bond motifs is 1. The van der Waals surface area contributed by atoms with Gasteiger partial charge in [0.1, 0.15) is 5.75 Å². The zero-order valence-corrected chi connectivity index (χ0v) is 15.4. The van der Waals surface area contributed by atoms with Gasteiger partial charge in [0.15, 0.2) is 0 Å². The molecule has 4 aromatic rings. The van der Waals surface area contributed by atoms with Crippen LogP contribution in [-0.4, -0.2) is 7.11 Å². The summed E-state index contributed by atoms with van der Waals surface area (Å²) >= 11 is 1.79. The Hall–Kier alpha value is -2.97. The Morgan fingerprint density at radius 2 is 1.58 bits per heavy atom. The molecule has 4 rings (SSSR count). The molecule has 0 spiro atoms. The number of methoxy groups -OCH3 is 1. The van der Waals surface area contributed by atoms with Crippen LogP contribution in [0, 0.1) is 0 Å². The molecule has 0 N–H and O–H groups in total. The molecule has 1 heterocycles. The van der Waals surface area contributed by atoms with Gasteiger partial charge >= 0.3 is 0 Å². The van der Waals surface area contributed by atoms with E-state index >= 15 is 0 Å². The van der Waals surface area contributed by atoms with E-state index in [-0.39, 0.29) is 0 Å². The normalized spacial score (nSPS) is 11.1. The molecule has 0 unspecified atom stereocenters. The molecule has 2 heteroatoms. The summed E-state index contributed by atoms with van der Waals surface area (Å²) in [5.41, 5.74) is 2.41. The largest absolute Gasteiger partial charge is 0.497 e. The smallest absolute Gasteiger partial charge is 0.239 e. The van der Waals surface area contributed by atoms with Crippen LogP contribution in [0.1, 0.15) is 10.4 Å². The van der Waals surface area contributed by atoms with Crippen molar-refractivity contribution in [3.8, 4) is 16.2 Å². The molecule has 1 aromatic heterocycles. The summed E-state index contributed by atoms with van der Waals surface area (Å²) in [5.74, 6) is 0.885. The summed E-state index contributed by atoms with van der Waals surface area (Å²) in [7, 11) is 1.72. The highest BCUT2D eigenvalue weighted by Crippen LogP contribution is 2.36. The van der Waals surface area contributed by atoms with Gasteiger partial charge in [-0.1, -0.05) is 60.7 Å². The molecule has 0 atom stereocenters. The van der Waals surface area contributed by atoms with E-state index in [1.54, 1.807) is 18.4 Å². The lowest BCUT2D eigenvalue weighted by Gasteiger charge is -2.06. The predicted molar refractivity (Wildman–Crippen MR) is 114 cm³/mol. The van der Waals surface area contributed by atoms with Gasteiger partial charge in [-0.05, 0) is 34.5 Å². The number of hydrogen-bond acceptors (Lipinski definition) is 1. The molecule has 3 aromatic carbocycles. The summed E-state index contributed by atoms with van der Waals surface area (Å²) < 4.78 is 5.51. The third-order valence-electron chi connectivity index (χ3n) is 4.31. The van der Waals surface area contributed by atoms with Crippen molar-refractivity contribution in [1.29, 1.82) is 0 Å². The average molecular weight is 355 g/mol. The molecule has 0 aliphatic carbocycles. The summed E-state index contributed by atoms with van der Waals surface area (Å²) in [6, 6.07) is 29.5. The van der Waals surface area contributed by atoms with Gasteiger partial charge < -0.3 is 4.74 Å². The highest BCUT2D eigenvalue weighted by Gasteiger charge is 2.16. The predicted octanol–water partition coefficient (Wildman–Crippen LogP) is 7.03. The molecule has 0 fully saturated rings. The number of rotatable bonds is 4. The number of hydrogen-bond donors (Lipinski definition) is 0. The van der Waals surface area contributed by atoms with Crippen LogP contribution in [-0.2, 0) is 0 Å². The minimum atomic E-state index is 0.885. The maximum atomic E-state index is 5.51. The summed E-state index contributed by atoms with van der Waals surface area (Å²) in [6.07, 6.45) is 4.32. The minimum Gasteiger partial charge on any atom is -0.497 e. The molecule has 0 saturated carbocycles. The van der Waals surface area contributed by atoms with E-state index in [0.29, 0.717) is 0 Å². The molecule has 0 amide bonds. The van der Waals surface area contributed by atoms with Gasteiger partial charge in [0.25, 0.3) is 0 Å². The Kier molecular flexibility index (Phi) is 4.76. The molecular weight excluding hydrogens is 336 g/mol. The lowest BCUT2D eigenvalue weighted by molar-refractivity contribution is 0.415. The van der Waals surface area contributed by atoms with E-state index in [1.807, 2.05) is 6.07 Å². The monoisotopic (exact) mass is 355 g/mol. The van der Waals surface area contributed by atoms with Crippen LogP contribution in [0.2, 0.25) is 0 Å². The average Bonchev–Trinajstić information content (AvgIpc) is 2.72. The van der Waals surface area contributed by atoms with Crippen LogP contribution in [0.4, 0.5) is 0 Å². The fraction of sp³-hybridized carbons (Fsp3) is 0.0417. The quantitative estimate of drug-likeness (QED) is 0.357. The first-order chi connectivity index (χ1) is 12.8. The van der Waals surface area contributed by atoms with Gasteiger partial charge in [-0.25, -0.2) is 0 Å². The Bertz CT molecular complexity index is 1070. The third-order valence-corrected chi connectivity index (χ3v) is 5.40. The van der Waals surface area contributed by atoms with Crippen LogP contribution >= 0.6 is 11.3 Å². The van der Waals surface area contributed by atoms with E-state index in [2.05, 4.69) is 91.0 Å². The van der Waals surface area contributed by atoms with E-state index < -0.39 is 0 Å². The van der Waals surface area contributed by atoms with E-state index in [1.165, 1.54) is 31.7 Å². The van der Waals surface area contributed by atoms with Crippen LogP contribution in [0.15, 0.2) is 84.9 Å². The second kappa shape index (κ2) is 7.51. The maximum Gasteiger partial charge on any atom is 0.239 e. The Labute approximate surface area is 157 Å². The number of ether oxygens (including phenoxy) is 1. The Balaban J connectivity index is 1.77. The lowest BCUT2D eigenvalue weighted by atomic mass is 10.0. The fourth-order valence-electron chi connectivity index (χ4n) is 3.01. The molecule has 26 heavy (non-hydrogen) atoms. The van der Waals surface area contributed by atoms with Gasteiger partial charge in [-0.15, -0.1) is 0 Å². The van der Waals surface area contributed by atoms with E-state index in [9.17, 15) is 0 Å². The topological polar surface area (TPSA) is 9.23 Å². The minimum absolute atomic E-state index is 0.885. The van der Waals surface area contributed by atoms with Crippen LogP contribution in [0.25, 0.3) is 33.4 Å². The third kappa shape index (κ3) is 3.51. The van der Waals surface area contributed by atoms with Crippen molar-refractivity contribution in [3.63, 3.8) is 0 Å². The highest BCUT2D eigenvalue weighted by molar-refractivity contribution is 7.16. The lowest BCUT2D eigenvalue weighted by Crippen LogP contribution is -1.86. The van der Waals surface area contributed by atoms with E-state index in [0.717, 1.165) is 5.75 Å². The van der Waals surface area contributed by atoms with Crippen molar-refractivity contribution >= 4 is 34.3 Å². The SMILES string of the molecule is COc1cc(-c2cccc(C=Cc3ccccc3)[s+]2)c2ccccc2c1. The highest BCUT2D eigenvalue weighted by atomic mass is 32.1. The van der Waals surface area contributed by atoms with Crippen LogP contribution in [0.5, 0.6) is 5.75 Å². The first kappa shape index (κ1) is 16.5. The van der Waals surface area contributed by atoms with Gasteiger partial charge in [-0.2, -0.15) is 0 Å². The molecule has 0 radical (unpaired) electrons. The van der Waals surface area contributed by atoms with Gasteiger partial charge in [-0.3, -0.25) is 0 Å². The van der Waals surface area contributed by atoms with Crippen molar-refractivity contribution < 1.29 is 4.74 Å². The van der Waals surface area contributed by atoms with Crippen LogP contribution in [0.3, 0.4) is 0 Å². The van der Waals surface area contributed by atoms with Crippen molar-refractivity contribution in [1.82, 2.24) is 0 Å². The molecule has 0 aliphatic rings. The summed E-state index contributed by atoms with van der Waals surface area (Å²) in [5, 5.41) is 2.44. The van der Waals surface area contributed by atoms with Gasteiger partial charge in [0, 0.05) is 18.2 Å². The van der Waals surface area contributed by atoms with Gasteiger partial charge in [0.2, 0.25) is 21.1 Å². The molecule has 0 saturated heterocycles.